The van der Waals surface area contributed by atoms with Crippen molar-refractivity contribution in [1.29, 1.82) is 0 Å². The van der Waals surface area contributed by atoms with Gasteiger partial charge >= 0.3 is 0 Å². The number of nitrogens with one attached hydrogen (secondary N) is 1. The maximum Gasteiger partial charge on any atom is 0.254 e. The molecular weight excluding hydrogens is 264 g/mol. The fourth-order valence-corrected chi connectivity index (χ4v) is 1.86. The van der Waals surface area contributed by atoms with E-state index in [2.05, 4.69) is 5.32 Å². The summed E-state index contributed by atoms with van der Waals surface area (Å²) in [5, 5.41) is 2.94. The summed E-state index contributed by atoms with van der Waals surface area (Å²) in [7, 11) is 0. The van der Waals surface area contributed by atoms with Gasteiger partial charge in [-0.15, -0.1) is 11.6 Å². The molecule has 1 rings (SSSR count). The Balaban J connectivity index is 2.58. The van der Waals surface area contributed by atoms with Gasteiger partial charge < -0.3 is 5.32 Å². The molecule has 0 saturated carbocycles. The van der Waals surface area contributed by atoms with Crippen LogP contribution in [0.15, 0.2) is 18.2 Å². The summed E-state index contributed by atoms with van der Waals surface area (Å²) >= 11 is 11.2. The van der Waals surface area contributed by atoms with E-state index in [4.69, 9.17) is 23.2 Å². The monoisotopic (exact) mass is 277 g/mol. The number of halogens is 3. The number of carbonyl (C=O) groups is 1. The SMILES string of the molecule is CC(CCCl)CNC(=O)c1ccc(Cl)cc1F. The Labute approximate surface area is 110 Å². The summed E-state index contributed by atoms with van der Waals surface area (Å²) in [4.78, 5) is 11.7. The Kier molecular flexibility index (Phi) is 5.72. The molecule has 0 heterocycles. The summed E-state index contributed by atoms with van der Waals surface area (Å²) < 4.78 is 13.4. The smallest absolute Gasteiger partial charge is 0.254 e. The molecule has 0 fully saturated rings. The number of alkyl halides is 1. The minimum absolute atomic E-state index is 0.00692. The number of rotatable bonds is 5. The number of amides is 1. The van der Waals surface area contributed by atoms with Gasteiger partial charge in [0.05, 0.1) is 5.56 Å². The van der Waals surface area contributed by atoms with Crippen LogP contribution >= 0.6 is 23.2 Å². The molecule has 17 heavy (non-hydrogen) atoms. The average molecular weight is 278 g/mol. The molecule has 0 spiro atoms. The number of benzene rings is 1. The Morgan fingerprint density at radius 1 is 1.53 bits per heavy atom. The summed E-state index contributed by atoms with van der Waals surface area (Å²) in [6.07, 6.45) is 0.810. The lowest BCUT2D eigenvalue weighted by Crippen LogP contribution is -2.29. The van der Waals surface area contributed by atoms with Gasteiger partial charge in [0.1, 0.15) is 5.82 Å². The van der Waals surface area contributed by atoms with E-state index < -0.39 is 11.7 Å². The van der Waals surface area contributed by atoms with E-state index in [-0.39, 0.29) is 16.5 Å². The third kappa shape index (κ3) is 4.52. The van der Waals surface area contributed by atoms with Crippen molar-refractivity contribution in [3.8, 4) is 0 Å². The van der Waals surface area contributed by atoms with E-state index >= 15 is 0 Å². The van der Waals surface area contributed by atoms with Crippen molar-refractivity contribution >= 4 is 29.1 Å². The van der Waals surface area contributed by atoms with Gasteiger partial charge in [0.15, 0.2) is 0 Å². The molecule has 1 N–H and O–H groups in total. The highest BCUT2D eigenvalue weighted by molar-refractivity contribution is 6.30. The quantitative estimate of drug-likeness (QED) is 0.821. The van der Waals surface area contributed by atoms with Crippen LogP contribution < -0.4 is 5.32 Å². The second-order valence-electron chi connectivity index (χ2n) is 3.92. The van der Waals surface area contributed by atoms with Crippen LogP contribution in [0.1, 0.15) is 23.7 Å². The number of carbonyl (C=O) groups excluding carboxylic acids is 1. The van der Waals surface area contributed by atoms with Crippen LogP contribution in [0.2, 0.25) is 5.02 Å². The van der Waals surface area contributed by atoms with Crippen LogP contribution in [0.3, 0.4) is 0 Å². The van der Waals surface area contributed by atoms with Gasteiger partial charge in [-0.2, -0.15) is 0 Å². The molecule has 2 nitrogen and oxygen atoms in total. The molecule has 1 atom stereocenters. The molecule has 0 aliphatic carbocycles. The van der Waals surface area contributed by atoms with Crippen LogP contribution in [0.5, 0.6) is 0 Å². The van der Waals surface area contributed by atoms with Gasteiger partial charge in [-0.3, -0.25) is 4.79 Å². The van der Waals surface area contributed by atoms with Crippen molar-refractivity contribution < 1.29 is 9.18 Å². The fourth-order valence-electron chi connectivity index (χ4n) is 1.32. The van der Waals surface area contributed by atoms with Gasteiger partial charge in [0.2, 0.25) is 0 Å². The van der Waals surface area contributed by atoms with E-state index in [1.54, 1.807) is 0 Å². The zero-order chi connectivity index (χ0) is 12.8. The largest absolute Gasteiger partial charge is 0.352 e. The highest BCUT2D eigenvalue weighted by atomic mass is 35.5. The normalized spacial score (nSPS) is 12.2. The van der Waals surface area contributed by atoms with Gasteiger partial charge in [-0.25, -0.2) is 4.39 Å². The number of hydrogen-bond donors (Lipinski definition) is 1. The molecule has 0 aliphatic heterocycles. The highest BCUT2D eigenvalue weighted by Crippen LogP contribution is 2.14. The van der Waals surface area contributed by atoms with Crippen LogP contribution in [-0.4, -0.2) is 18.3 Å². The van der Waals surface area contributed by atoms with Gasteiger partial charge in [0.25, 0.3) is 5.91 Å². The topological polar surface area (TPSA) is 29.1 Å². The summed E-state index contributed by atoms with van der Waals surface area (Å²) in [5.74, 6) is -0.223. The number of hydrogen-bond acceptors (Lipinski definition) is 1. The predicted octanol–water partition coefficient (Wildman–Crippen LogP) is 3.47. The predicted molar refractivity (Wildman–Crippen MR) is 68.2 cm³/mol. The van der Waals surface area contributed by atoms with E-state index in [0.717, 1.165) is 12.5 Å². The molecule has 0 aromatic heterocycles. The average Bonchev–Trinajstić information content (AvgIpc) is 2.26. The van der Waals surface area contributed by atoms with Crippen molar-refractivity contribution in [1.82, 2.24) is 5.32 Å². The molecule has 1 amide bonds. The molecule has 1 aromatic rings. The summed E-state index contributed by atoms with van der Waals surface area (Å²) in [6, 6.07) is 3.99. The zero-order valence-corrected chi connectivity index (χ0v) is 11.0. The maximum absolute atomic E-state index is 13.4. The first-order chi connectivity index (χ1) is 8.04. The summed E-state index contributed by atoms with van der Waals surface area (Å²) in [5.41, 5.74) is 0.00692. The fraction of sp³-hybridized carbons (Fsp3) is 0.417. The van der Waals surface area contributed by atoms with Crippen LogP contribution in [0, 0.1) is 11.7 Å². The van der Waals surface area contributed by atoms with E-state index in [1.165, 1.54) is 12.1 Å². The van der Waals surface area contributed by atoms with Crippen molar-refractivity contribution in [2.24, 2.45) is 5.92 Å². The molecule has 1 unspecified atom stereocenters. The molecule has 0 saturated heterocycles. The van der Waals surface area contributed by atoms with Crippen LogP contribution in [0.25, 0.3) is 0 Å². The lowest BCUT2D eigenvalue weighted by atomic mass is 10.1. The van der Waals surface area contributed by atoms with Crippen molar-refractivity contribution in [3.63, 3.8) is 0 Å². The second-order valence-corrected chi connectivity index (χ2v) is 4.73. The highest BCUT2D eigenvalue weighted by Gasteiger charge is 2.12. The minimum Gasteiger partial charge on any atom is -0.352 e. The minimum atomic E-state index is -0.611. The Morgan fingerprint density at radius 3 is 2.82 bits per heavy atom. The Morgan fingerprint density at radius 2 is 2.24 bits per heavy atom. The molecule has 0 radical (unpaired) electrons. The second kappa shape index (κ2) is 6.82. The Hall–Kier alpha value is -0.800. The van der Waals surface area contributed by atoms with Gasteiger partial charge in [-0.1, -0.05) is 18.5 Å². The first kappa shape index (κ1) is 14.3. The van der Waals surface area contributed by atoms with Crippen molar-refractivity contribution in [3.05, 3.63) is 34.6 Å². The van der Waals surface area contributed by atoms with Gasteiger partial charge in [-0.05, 0) is 30.5 Å². The molecular formula is C12H14Cl2FNO. The summed E-state index contributed by atoms with van der Waals surface area (Å²) in [6.45, 7) is 2.45. The third-order valence-corrected chi connectivity index (χ3v) is 2.84. The zero-order valence-electron chi connectivity index (χ0n) is 9.47. The molecule has 0 bridgehead atoms. The van der Waals surface area contributed by atoms with Gasteiger partial charge in [0, 0.05) is 17.4 Å². The van der Waals surface area contributed by atoms with E-state index in [0.29, 0.717) is 12.4 Å². The molecule has 5 heteroatoms. The first-order valence-corrected chi connectivity index (χ1v) is 6.25. The Bertz CT molecular complexity index is 398. The standard InChI is InChI=1S/C12H14Cl2FNO/c1-8(4-5-13)7-16-12(17)10-3-2-9(14)6-11(10)15/h2-3,6,8H,4-5,7H2,1H3,(H,16,17). The lowest BCUT2D eigenvalue weighted by molar-refractivity contribution is 0.0944. The third-order valence-electron chi connectivity index (χ3n) is 2.39. The van der Waals surface area contributed by atoms with Crippen LogP contribution in [0.4, 0.5) is 4.39 Å². The first-order valence-electron chi connectivity index (χ1n) is 5.33. The van der Waals surface area contributed by atoms with Crippen molar-refractivity contribution in [2.75, 3.05) is 12.4 Å². The van der Waals surface area contributed by atoms with E-state index in [9.17, 15) is 9.18 Å². The van der Waals surface area contributed by atoms with Crippen molar-refractivity contribution in [2.45, 2.75) is 13.3 Å². The van der Waals surface area contributed by atoms with Crippen LogP contribution in [-0.2, 0) is 0 Å². The molecule has 0 aliphatic rings. The van der Waals surface area contributed by atoms with E-state index in [1.807, 2.05) is 6.92 Å². The molecule has 94 valence electrons. The molecule has 1 aromatic carbocycles. The lowest BCUT2D eigenvalue weighted by Gasteiger charge is -2.11. The maximum atomic E-state index is 13.4.